The summed E-state index contributed by atoms with van der Waals surface area (Å²) in [4.78, 5) is 50.4. The Hall–Kier alpha value is -4.13. The van der Waals surface area contributed by atoms with Gasteiger partial charge in [0.05, 0.1) is 18.7 Å². The number of ether oxygens (including phenoxy) is 1. The molecule has 4 rings (SSSR count). The van der Waals surface area contributed by atoms with Crippen LogP contribution in [0.25, 0.3) is 11.0 Å². The van der Waals surface area contributed by atoms with E-state index in [1.54, 1.807) is 9.80 Å². The van der Waals surface area contributed by atoms with Crippen molar-refractivity contribution < 1.29 is 23.7 Å². The van der Waals surface area contributed by atoms with Gasteiger partial charge in [-0.3, -0.25) is 9.59 Å². The number of piperazine rings is 1. The van der Waals surface area contributed by atoms with Gasteiger partial charge in [-0.25, -0.2) is 23.9 Å². The fraction of sp³-hybridized carbons (Fsp3) is 0.481. The first-order valence-electron chi connectivity index (χ1n) is 13.5. The maximum Gasteiger partial charge on any atom is 0.410 e. The number of aromatic nitrogens is 4. The average molecular weight is 587 g/mol. The quantitative estimate of drug-likeness (QED) is 0.370. The van der Waals surface area contributed by atoms with Crippen molar-refractivity contribution in [2.75, 3.05) is 37.6 Å². The summed E-state index contributed by atoms with van der Waals surface area (Å²) in [5.74, 6) is -0.0550. The van der Waals surface area contributed by atoms with Gasteiger partial charge >= 0.3 is 6.09 Å². The summed E-state index contributed by atoms with van der Waals surface area (Å²) < 4.78 is 9.56. The second-order valence-corrected chi connectivity index (χ2v) is 11.0. The molecule has 0 radical (unpaired) electrons. The third-order valence-corrected chi connectivity index (χ3v) is 7.09. The van der Waals surface area contributed by atoms with Crippen LogP contribution in [0.1, 0.15) is 61.3 Å². The molecule has 3 amide bonds. The zero-order valence-electron chi connectivity index (χ0n) is 24.0. The lowest BCUT2D eigenvalue weighted by Crippen LogP contribution is -2.52. The second-order valence-electron chi connectivity index (χ2n) is 10.7. The Kier molecular flexibility index (Phi) is 8.57. The van der Waals surface area contributed by atoms with E-state index in [-0.39, 0.29) is 41.0 Å². The number of aryl methyl sites for hydroxylation is 2. The summed E-state index contributed by atoms with van der Waals surface area (Å²) >= 11 is 5.95. The predicted octanol–water partition coefficient (Wildman–Crippen LogP) is 2.20. The van der Waals surface area contributed by atoms with Crippen LogP contribution in [0.15, 0.2) is 18.2 Å². The Balaban J connectivity index is 1.59. The van der Waals surface area contributed by atoms with Gasteiger partial charge in [0, 0.05) is 26.2 Å². The van der Waals surface area contributed by atoms with E-state index in [2.05, 4.69) is 19.9 Å². The molecule has 0 bridgehead atoms. The Morgan fingerprint density at radius 1 is 1.05 bits per heavy atom. The number of para-hydroxylation sites is 1. The number of carbonyl (C=O) groups excluding carboxylic acids is 3. The van der Waals surface area contributed by atoms with Crippen LogP contribution in [0.3, 0.4) is 0 Å². The van der Waals surface area contributed by atoms with Gasteiger partial charge in [-0.15, -0.1) is 0 Å². The minimum absolute atomic E-state index is 0.0564. The normalized spacial score (nSPS) is 13.9. The highest BCUT2D eigenvalue weighted by Crippen LogP contribution is 2.23. The number of carbonyl (C=O) groups is 3. The first-order chi connectivity index (χ1) is 19.4. The molecule has 0 spiro atoms. The molecule has 0 aliphatic carbocycles. The number of imidazole rings is 1. The molecule has 1 aliphatic heterocycles. The fourth-order valence-corrected chi connectivity index (χ4v) is 5.07. The van der Waals surface area contributed by atoms with Crippen LogP contribution in [0.5, 0.6) is 0 Å². The molecule has 13 nitrogen and oxygen atoms in total. The maximum absolute atomic E-state index is 13.8. The fourth-order valence-electron chi connectivity index (χ4n) is 4.94. The summed E-state index contributed by atoms with van der Waals surface area (Å²) in [5, 5.41) is 2.74. The molecule has 0 atom stereocenters. The molecule has 1 aliphatic rings. The molecule has 3 heterocycles. The van der Waals surface area contributed by atoms with Gasteiger partial charge in [0.2, 0.25) is 0 Å². The summed E-state index contributed by atoms with van der Waals surface area (Å²) in [7, 11) is 0. The summed E-state index contributed by atoms with van der Waals surface area (Å²) in [6, 6.07) is 5.62. The van der Waals surface area contributed by atoms with E-state index in [1.165, 1.54) is 0 Å². The van der Waals surface area contributed by atoms with Gasteiger partial charge in [-0.05, 0) is 46.8 Å². The van der Waals surface area contributed by atoms with Crippen LogP contribution < -0.4 is 21.4 Å². The van der Waals surface area contributed by atoms with E-state index < -0.39 is 11.5 Å². The Bertz CT molecular complexity index is 1490. The van der Waals surface area contributed by atoms with Gasteiger partial charge in [-0.2, -0.15) is 0 Å². The van der Waals surface area contributed by atoms with E-state index in [1.807, 2.05) is 57.4 Å². The molecule has 14 heteroatoms. The Morgan fingerprint density at radius 3 is 2.32 bits per heavy atom. The largest absolute Gasteiger partial charge is 0.444 e. The van der Waals surface area contributed by atoms with Crippen LogP contribution in [0, 0.1) is 0 Å². The average Bonchev–Trinajstić information content (AvgIpc) is 3.24. The number of hydrogen-bond donors (Lipinski definition) is 3. The molecule has 1 saturated heterocycles. The van der Waals surface area contributed by atoms with E-state index in [4.69, 9.17) is 27.8 Å². The molecule has 0 saturated carbocycles. The van der Waals surface area contributed by atoms with E-state index in [0.29, 0.717) is 44.8 Å². The molecular weight excluding hydrogens is 550 g/mol. The Morgan fingerprint density at radius 2 is 1.71 bits per heavy atom. The summed E-state index contributed by atoms with van der Waals surface area (Å²) in [5.41, 5.74) is 13.0. The number of nitrogens with two attached hydrogens (primary N) is 2. The van der Waals surface area contributed by atoms with Gasteiger partial charge in [0.1, 0.15) is 12.1 Å². The zero-order valence-corrected chi connectivity index (χ0v) is 24.8. The lowest BCUT2D eigenvalue weighted by molar-refractivity contribution is -0.676. The number of hydrogen-bond acceptors (Lipinski definition) is 8. The van der Waals surface area contributed by atoms with Gasteiger partial charge in [0.25, 0.3) is 17.6 Å². The van der Waals surface area contributed by atoms with Crippen molar-refractivity contribution in [2.24, 2.45) is 0 Å². The molecule has 220 valence electrons. The number of nitrogen functional groups attached to an aromatic ring is 2. The number of rotatable bonds is 6. The minimum atomic E-state index is -0.584. The van der Waals surface area contributed by atoms with Crippen molar-refractivity contribution in [3.63, 3.8) is 0 Å². The molecule has 3 aromatic rings. The smallest absolute Gasteiger partial charge is 0.410 e. The number of anilines is 2. The van der Waals surface area contributed by atoms with Crippen molar-refractivity contribution in [3.05, 3.63) is 40.4 Å². The van der Waals surface area contributed by atoms with Crippen molar-refractivity contribution in [2.45, 2.75) is 59.9 Å². The van der Waals surface area contributed by atoms with E-state index in [9.17, 15) is 14.4 Å². The lowest BCUT2D eigenvalue weighted by atomic mass is 10.1. The van der Waals surface area contributed by atoms with E-state index in [0.717, 1.165) is 16.9 Å². The van der Waals surface area contributed by atoms with Gasteiger partial charge in [0.15, 0.2) is 33.5 Å². The highest BCUT2D eigenvalue weighted by molar-refractivity contribution is 6.31. The molecular formula is C27H37ClN9O4+. The first kappa shape index (κ1) is 29.8. The first-order valence-corrected chi connectivity index (χ1v) is 13.9. The highest BCUT2D eigenvalue weighted by Gasteiger charge is 2.32. The molecule has 0 unspecified atom stereocenters. The lowest BCUT2D eigenvalue weighted by Gasteiger charge is -2.35. The molecule has 41 heavy (non-hydrogen) atoms. The van der Waals surface area contributed by atoms with Crippen LogP contribution in [-0.2, 0) is 24.4 Å². The summed E-state index contributed by atoms with van der Waals surface area (Å²) in [6.07, 6.45) is -0.379. The molecule has 1 aromatic carbocycles. The Labute approximate surface area is 243 Å². The SMILES string of the molecule is CCn1c(CNC(=O)c2nc(Cl)c(N)nc2N)[n+](CC)c2c(C(=O)N3CCN(C(=O)OC(C)(C)C)CC3)cccc21. The molecule has 5 N–H and O–H groups in total. The molecule has 1 fully saturated rings. The second kappa shape index (κ2) is 11.8. The number of halogens is 1. The van der Waals surface area contributed by atoms with Gasteiger partial charge < -0.3 is 31.3 Å². The number of nitrogens with one attached hydrogen (secondary N) is 1. The van der Waals surface area contributed by atoms with Crippen LogP contribution in [-0.4, -0.2) is 74.0 Å². The number of amides is 3. The minimum Gasteiger partial charge on any atom is -0.444 e. The van der Waals surface area contributed by atoms with E-state index >= 15 is 0 Å². The maximum atomic E-state index is 13.8. The van der Waals surface area contributed by atoms with Gasteiger partial charge in [-0.1, -0.05) is 17.7 Å². The van der Waals surface area contributed by atoms with Crippen LogP contribution in [0.2, 0.25) is 5.15 Å². The summed E-state index contributed by atoms with van der Waals surface area (Å²) in [6.45, 7) is 12.3. The third kappa shape index (κ3) is 6.14. The zero-order chi connectivity index (χ0) is 30.1. The number of fused-ring (bicyclic) bond motifs is 1. The van der Waals surface area contributed by atoms with Crippen LogP contribution >= 0.6 is 11.6 Å². The number of benzene rings is 1. The topological polar surface area (TPSA) is 166 Å². The number of nitrogens with zero attached hydrogens (tertiary/aromatic N) is 6. The van der Waals surface area contributed by atoms with Crippen LogP contribution in [0.4, 0.5) is 16.4 Å². The molecule has 2 aromatic heterocycles. The van der Waals surface area contributed by atoms with Crippen molar-refractivity contribution >= 4 is 52.2 Å². The standard InChI is InChI=1S/C27H36ClN9O4/c1-6-36-17-10-8-9-16(25(39)34-11-13-35(14-12-34)26(40)41-27(3,4)5)20(17)37(7-2)18(36)15-31-24(38)19-22(29)33-23(30)21(28)32-19/h8-10H,6-7,11-15H2,1-5H3,(H4-,29,30,31,33,38)/p+1. The van der Waals surface area contributed by atoms with Crippen molar-refractivity contribution in [1.82, 2.24) is 29.7 Å². The van der Waals surface area contributed by atoms with Crippen molar-refractivity contribution in [1.29, 1.82) is 0 Å². The highest BCUT2D eigenvalue weighted by atomic mass is 35.5. The van der Waals surface area contributed by atoms with Crippen molar-refractivity contribution in [3.8, 4) is 0 Å². The predicted molar refractivity (Wildman–Crippen MR) is 154 cm³/mol. The third-order valence-electron chi connectivity index (χ3n) is 6.81. The monoisotopic (exact) mass is 586 g/mol.